The molecule has 0 bridgehead atoms. The van der Waals surface area contributed by atoms with E-state index in [-0.39, 0.29) is 19.8 Å². The standard InChI is InChI=1S/C19H28NO7/c1-19(2,11-21)17(24)18(25)20-9-14-16(23)13(22)8-15(27-14)26-10-12-6-4-3-5-7-12/h3-8,13-17,21-24H,9-11H2,1-2H3,(H,20,25)/t13-,14-,15+,16+,17+/m1/s1. The van der Waals surface area contributed by atoms with E-state index in [1.807, 2.05) is 30.3 Å². The second-order valence-corrected chi connectivity index (χ2v) is 7.31. The molecule has 8 nitrogen and oxygen atoms in total. The molecule has 1 aliphatic rings. The topological polar surface area (TPSA) is 128 Å². The SMILES string of the molecule is CC(C)(CO)[C@@H](O)C(=O)NC[C@H]1O[C@H](OCc2ccccc2)[CH][C@@H](O)[C@@H]1O. The number of ether oxygens (including phenoxy) is 2. The second kappa shape index (κ2) is 9.59. The molecular weight excluding hydrogens is 354 g/mol. The quantitative estimate of drug-likeness (QED) is 0.404. The van der Waals surface area contributed by atoms with E-state index in [4.69, 9.17) is 9.47 Å². The van der Waals surface area contributed by atoms with Crippen LogP contribution in [0.1, 0.15) is 19.4 Å². The molecule has 27 heavy (non-hydrogen) atoms. The fraction of sp³-hybridized carbons (Fsp3) is 0.579. The van der Waals surface area contributed by atoms with Crippen LogP contribution >= 0.6 is 0 Å². The van der Waals surface area contributed by atoms with Crippen molar-refractivity contribution in [2.75, 3.05) is 13.2 Å². The Morgan fingerprint density at radius 3 is 2.59 bits per heavy atom. The number of hydrogen-bond donors (Lipinski definition) is 5. The molecule has 0 unspecified atom stereocenters. The van der Waals surface area contributed by atoms with Gasteiger partial charge in [0, 0.05) is 18.4 Å². The molecular formula is C19H28NO7. The van der Waals surface area contributed by atoms with Crippen molar-refractivity contribution in [1.82, 2.24) is 5.32 Å². The molecule has 1 radical (unpaired) electrons. The third-order valence-electron chi connectivity index (χ3n) is 4.52. The number of aliphatic hydroxyl groups excluding tert-OH is 4. The van der Waals surface area contributed by atoms with Gasteiger partial charge in [0.2, 0.25) is 5.91 Å². The van der Waals surface area contributed by atoms with E-state index in [9.17, 15) is 25.2 Å². The van der Waals surface area contributed by atoms with Crippen molar-refractivity contribution in [3.05, 3.63) is 42.3 Å². The summed E-state index contributed by atoms with van der Waals surface area (Å²) in [5, 5.41) is 41.8. The molecule has 0 aromatic heterocycles. The first-order valence-electron chi connectivity index (χ1n) is 8.83. The molecule has 1 aromatic carbocycles. The van der Waals surface area contributed by atoms with E-state index in [0.717, 1.165) is 5.56 Å². The average molecular weight is 382 g/mol. The summed E-state index contributed by atoms with van der Waals surface area (Å²) in [6.45, 7) is 2.86. The molecule has 0 saturated carbocycles. The summed E-state index contributed by atoms with van der Waals surface area (Å²) in [6.07, 6.45) is -4.28. The molecule has 1 heterocycles. The number of aliphatic hydroxyl groups is 4. The van der Waals surface area contributed by atoms with Crippen LogP contribution in [0.15, 0.2) is 30.3 Å². The lowest BCUT2D eigenvalue weighted by Crippen LogP contribution is -2.55. The molecule has 1 aromatic rings. The minimum absolute atomic E-state index is 0.130. The lowest BCUT2D eigenvalue weighted by Gasteiger charge is -2.37. The summed E-state index contributed by atoms with van der Waals surface area (Å²) in [5.41, 5.74) is -0.0839. The zero-order valence-electron chi connectivity index (χ0n) is 15.5. The minimum atomic E-state index is -1.43. The summed E-state index contributed by atoms with van der Waals surface area (Å²) in [7, 11) is 0. The van der Waals surface area contributed by atoms with Crippen molar-refractivity contribution in [3.63, 3.8) is 0 Å². The van der Waals surface area contributed by atoms with Crippen LogP contribution in [0.5, 0.6) is 0 Å². The fourth-order valence-electron chi connectivity index (χ4n) is 2.55. The Balaban J connectivity index is 1.88. The highest BCUT2D eigenvalue weighted by atomic mass is 16.7. The predicted molar refractivity (Wildman–Crippen MR) is 96.1 cm³/mol. The first kappa shape index (κ1) is 21.7. The molecule has 5 N–H and O–H groups in total. The average Bonchev–Trinajstić information content (AvgIpc) is 2.67. The van der Waals surface area contributed by atoms with E-state index in [0.29, 0.717) is 0 Å². The van der Waals surface area contributed by atoms with Gasteiger partial charge in [0.25, 0.3) is 0 Å². The second-order valence-electron chi connectivity index (χ2n) is 7.31. The third kappa shape index (κ3) is 5.97. The predicted octanol–water partition coefficient (Wildman–Crippen LogP) is -0.650. The number of carbonyl (C=O) groups excluding carboxylic acids is 1. The largest absolute Gasteiger partial charge is 0.396 e. The van der Waals surface area contributed by atoms with Crippen LogP contribution in [0.25, 0.3) is 0 Å². The summed E-state index contributed by atoms with van der Waals surface area (Å²) < 4.78 is 11.2. The zero-order valence-corrected chi connectivity index (χ0v) is 15.5. The molecule has 0 aliphatic carbocycles. The summed E-state index contributed by atoms with van der Waals surface area (Å²) in [4.78, 5) is 12.1. The van der Waals surface area contributed by atoms with Crippen LogP contribution in [0.3, 0.4) is 0 Å². The molecule has 8 heteroatoms. The van der Waals surface area contributed by atoms with Crippen LogP contribution in [0, 0.1) is 11.8 Å². The van der Waals surface area contributed by atoms with Gasteiger partial charge in [0.1, 0.15) is 18.3 Å². The highest BCUT2D eigenvalue weighted by molar-refractivity contribution is 5.81. The van der Waals surface area contributed by atoms with E-state index in [2.05, 4.69) is 5.32 Å². The molecule has 0 spiro atoms. The maximum atomic E-state index is 12.1. The number of nitrogens with one attached hydrogen (secondary N) is 1. The summed E-state index contributed by atoms with van der Waals surface area (Å²) in [6, 6.07) is 9.41. The normalized spacial score (nSPS) is 27.2. The fourth-order valence-corrected chi connectivity index (χ4v) is 2.55. The number of benzene rings is 1. The van der Waals surface area contributed by atoms with Gasteiger partial charge in [0.15, 0.2) is 6.29 Å². The van der Waals surface area contributed by atoms with Crippen LogP contribution in [-0.4, -0.2) is 70.2 Å². The molecule has 1 amide bonds. The van der Waals surface area contributed by atoms with Gasteiger partial charge in [-0.15, -0.1) is 0 Å². The van der Waals surface area contributed by atoms with Gasteiger partial charge < -0.3 is 35.2 Å². The van der Waals surface area contributed by atoms with Crippen molar-refractivity contribution in [2.24, 2.45) is 5.41 Å². The Bertz CT molecular complexity index is 595. The molecule has 1 aliphatic heterocycles. The van der Waals surface area contributed by atoms with Crippen molar-refractivity contribution < 1.29 is 34.7 Å². The maximum Gasteiger partial charge on any atom is 0.249 e. The van der Waals surface area contributed by atoms with E-state index in [1.54, 1.807) is 13.8 Å². The van der Waals surface area contributed by atoms with E-state index in [1.165, 1.54) is 6.42 Å². The minimum Gasteiger partial charge on any atom is -0.396 e. The highest BCUT2D eigenvalue weighted by Crippen LogP contribution is 2.22. The van der Waals surface area contributed by atoms with Crippen molar-refractivity contribution >= 4 is 5.91 Å². The Kier molecular flexibility index (Phi) is 7.72. The smallest absolute Gasteiger partial charge is 0.249 e. The zero-order chi connectivity index (χ0) is 20.0. The number of carbonyl (C=O) groups is 1. The molecule has 1 fully saturated rings. The van der Waals surface area contributed by atoms with Crippen molar-refractivity contribution in [1.29, 1.82) is 0 Å². The first-order chi connectivity index (χ1) is 12.7. The van der Waals surface area contributed by atoms with E-state index < -0.39 is 42.0 Å². The Labute approximate surface area is 158 Å². The Hall–Kier alpha value is -1.55. The van der Waals surface area contributed by atoms with Gasteiger partial charge in [-0.25, -0.2) is 0 Å². The lowest BCUT2D eigenvalue weighted by molar-refractivity contribution is -0.224. The molecule has 2 rings (SSSR count). The molecule has 5 atom stereocenters. The Morgan fingerprint density at radius 2 is 1.96 bits per heavy atom. The van der Waals surface area contributed by atoms with Gasteiger partial charge in [-0.3, -0.25) is 4.79 Å². The van der Waals surface area contributed by atoms with E-state index >= 15 is 0 Å². The van der Waals surface area contributed by atoms with Gasteiger partial charge in [-0.1, -0.05) is 44.2 Å². The highest BCUT2D eigenvalue weighted by Gasteiger charge is 2.39. The third-order valence-corrected chi connectivity index (χ3v) is 4.52. The molecule has 151 valence electrons. The summed E-state index contributed by atoms with van der Waals surface area (Å²) >= 11 is 0. The summed E-state index contributed by atoms with van der Waals surface area (Å²) in [5.74, 6) is -0.698. The maximum absolute atomic E-state index is 12.1. The van der Waals surface area contributed by atoms with Gasteiger partial charge >= 0.3 is 0 Å². The van der Waals surface area contributed by atoms with Gasteiger partial charge in [-0.2, -0.15) is 0 Å². The van der Waals surface area contributed by atoms with Crippen LogP contribution in [0.2, 0.25) is 0 Å². The number of rotatable bonds is 8. The Morgan fingerprint density at radius 1 is 1.30 bits per heavy atom. The molecule has 1 saturated heterocycles. The first-order valence-corrected chi connectivity index (χ1v) is 8.83. The van der Waals surface area contributed by atoms with Crippen molar-refractivity contribution in [3.8, 4) is 0 Å². The van der Waals surface area contributed by atoms with Gasteiger partial charge in [-0.05, 0) is 5.56 Å². The lowest BCUT2D eigenvalue weighted by atomic mass is 9.87. The van der Waals surface area contributed by atoms with Crippen molar-refractivity contribution in [2.45, 2.75) is 51.2 Å². The van der Waals surface area contributed by atoms with Crippen LogP contribution < -0.4 is 5.32 Å². The number of hydrogen-bond acceptors (Lipinski definition) is 7. The van der Waals surface area contributed by atoms with Crippen LogP contribution in [-0.2, 0) is 20.9 Å². The van der Waals surface area contributed by atoms with Crippen LogP contribution in [0.4, 0.5) is 0 Å². The monoisotopic (exact) mass is 382 g/mol. The number of amides is 1. The van der Waals surface area contributed by atoms with Gasteiger partial charge in [0.05, 0.1) is 19.3 Å².